The molecule has 1 aliphatic rings. The van der Waals surface area contributed by atoms with Crippen molar-refractivity contribution in [3.63, 3.8) is 0 Å². The van der Waals surface area contributed by atoms with Gasteiger partial charge >= 0.3 is 6.03 Å². The highest BCUT2D eigenvalue weighted by Gasteiger charge is 2.27. The molecule has 0 atom stereocenters. The van der Waals surface area contributed by atoms with Crippen molar-refractivity contribution in [2.45, 2.75) is 0 Å². The molecule has 0 aromatic heterocycles. The van der Waals surface area contributed by atoms with E-state index in [1.165, 1.54) is 12.1 Å². The third-order valence-electron chi connectivity index (χ3n) is 1.38. The molecule has 15 heavy (non-hydrogen) atoms. The Labute approximate surface area is 83.3 Å². The second kappa shape index (κ2) is 3.88. The molecule has 1 saturated heterocycles. The van der Waals surface area contributed by atoms with E-state index < -0.39 is 29.0 Å². The molecular weight excluding hydrogens is 200 g/mol. The van der Waals surface area contributed by atoms with E-state index in [-0.39, 0.29) is 0 Å². The van der Waals surface area contributed by atoms with Crippen molar-refractivity contribution >= 4 is 17.8 Å². The summed E-state index contributed by atoms with van der Waals surface area (Å²) >= 11 is 0. The zero-order valence-electron chi connectivity index (χ0n) is 7.12. The van der Waals surface area contributed by atoms with E-state index in [1.807, 2.05) is 5.73 Å². The Morgan fingerprint density at radius 3 is 1.87 bits per heavy atom. The van der Waals surface area contributed by atoms with Gasteiger partial charge in [-0.05, 0) is 0 Å². The van der Waals surface area contributed by atoms with Crippen molar-refractivity contribution in [3.05, 3.63) is 16.9 Å². The predicted molar refractivity (Wildman–Crippen MR) is 43.4 cm³/mol. The lowest BCUT2D eigenvalue weighted by Crippen LogP contribution is -2.51. The fourth-order valence-corrected chi connectivity index (χ4v) is 0.785. The second-order valence-corrected chi connectivity index (χ2v) is 2.34. The van der Waals surface area contributed by atoms with Crippen molar-refractivity contribution in [1.29, 1.82) is 10.5 Å². The van der Waals surface area contributed by atoms with Crippen LogP contribution in [0.25, 0.3) is 0 Å². The third-order valence-corrected chi connectivity index (χ3v) is 1.38. The van der Waals surface area contributed by atoms with E-state index >= 15 is 0 Å². The van der Waals surface area contributed by atoms with Gasteiger partial charge < -0.3 is 0 Å². The lowest BCUT2D eigenvalue weighted by molar-refractivity contribution is -0.124. The summed E-state index contributed by atoms with van der Waals surface area (Å²) in [6, 6.07) is 1.91. The maximum Gasteiger partial charge on any atom is 0.328 e. The molecule has 2 N–H and O–H groups in total. The molecule has 0 aromatic carbocycles. The molecule has 1 aliphatic heterocycles. The minimum Gasteiger partial charge on any atom is -0.273 e. The highest BCUT2D eigenvalue weighted by atomic mass is 16.2. The van der Waals surface area contributed by atoms with Gasteiger partial charge in [0.25, 0.3) is 11.8 Å². The maximum atomic E-state index is 11.1. The van der Waals surface area contributed by atoms with E-state index in [9.17, 15) is 14.4 Å². The molecule has 4 amide bonds. The molecule has 72 valence electrons. The molecule has 0 radical (unpaired) electrons. The number of imide groups is 2. The highest BCUT2D eigenvalue weighted by Crippen LogP contribution is 2.00. The first-order valence-electron chi connectivity index (χ1n) is 3.56. The van der Waals surface area contributed by atoms with Crippen LogP contribution in [-0.2, 0) is 9.59 Å². The zero-order chi connectivity index (χ0) is 11.4. The average Bonchev–Trinajstić information content (AvgIpc) is 2.17. The fraction of sp³-hybridized carbons (Fsp3) is 0. The van der Waals surface area contributed by atoms with Gasteiger partial charge in [0.2, 0.25) is 0 Å². The van der Waals surface area contributed by atoms with E-state index in [2.05, 4.69) is 0 Å². The minimum absolute atomic E-state index is 0.523. The van der Waals surface area contributed by atoms with Crippen LogP contribution in [0.3, 0.4) is 0 Å². The molecule has 1 fully saturated rings. The number of nitrogens with zero attached hydrogens (tertiary/aromatic N) is 2. The first-order chi connectivity index (χ1) is 7.08. The molecular formula is C8H2N4O3. The summed E-state index contributed by atoms with van der Waals surface area (Å²) in [6.45, 7) is 0. The van der Waals surface area contributed by atoms with Crippen LogP contribution in [0, 0.1) is 22.7 Å². The summed E-state index contributed by atoms with van der Waals surface area (Å²) in [4.78, 5) is 32.7. The summed E-state index contributed by atoms with van der Waals surface area (Å²) in [6.07, 6.45) is 0. The molecule has 1 heterocycles. The Morgan fingerprint density at radius 1 is 1.00 bits per heavy atom. The normalized spacial score (nSPS) is 14.3. The topological polar surface area (TPSA) is 123 Å². The molecule has 1 rings (SSSR count). The van der Waals surface area contributed by atoms with Crippen LogP contribution >= 0.6 is 0 Å². The van der Waals surface area contributed by atoms with E-state index in [4.69, 9.17) is 10.5 Å². The van der Waals surface area contributed by atoms with Crippen LogP contribution in [0.4, 0.5) is 4.79 Å². The average molecular weight is 202 g/mol. The lowest BCUT2D eigenvalue weighted by Gasteiger charge is -2.11. The molecule has 0 bridgehead atoms. The van der Waals surface area contributed by atoms with Crippen LogP contribution in [0.2, 0.25) is 0 Å². The maximum absolute atomic E-state index is 11.1. The van der Waals surface area contributed by atoms with Crippen molar-refractivity contribution in [3.8, 4) is 12.1 Å². The first kappa shape index (κ1) is 10.2. The van der Waals surface area contributed by atoms with Crippen molar-refractivity contribution in [1.82, 2.24) is 10.6 Å². The number of carbonyl (C=O) groups is 3. The predicted octanol–water partition coefficient (Wildman–Crippen LogP) is -1.15. The van der Waals surface area contributed by atoms with Crippen LogP contribution in [0.1, 0.15) is 0 Å². The van der Waals surface area contributed by atoms with Gasteiger partial charge in [0.15, 0.2) is 5.57 Å². The van der Waals surface area contributed by atoms with E-state index in [0.29, 0.717) is 0 Å². The fourth-order valence-electron chi connectivity index (χ4n) is 0.785. The highest BCUT2D eigenvalue weighted by molar-refractivity contribution is 6.28. The summed E-state index contributed by atoms with van der Waals surface area (Å²) in [5.41, 5.74) is 0.911. The third kappa shape index (κ3) is 2.07. The van der Waals surface area contributed by atoms with Gasteiger partial charge in [0.05, 0.1) is 0 Å². The van der Waals surface area contributed by atoms with Gasteiger partial charge in [-0.3, -0.25) is 20.2 Å². The van der Waals surface area contributed by atoms with Crippen LogP contribution < -0.4 is 10.6 Å². The number of nitrogens with one attached hydrogen (secondary N) is 2. The molecule has 0 aliphatic carbocycles. The summed E-state index contributed by atoms with van der Waals surface area (Å²) < 4.78 is 0. The number of urea groups is 1. The summed E-state index contributed by atoms with van der Waals surface area (Å²) in [5.74, 6) is -1.99. The number of hydrogen-bond donors (Lipinski definition) is 2. The van der Waals surface area contributed by atoms with Crippen LogP contribution in [0.5, 0.6) is 0 Å². The number of rotatable bonds is 0. The lowest BCUT2D eigenvalue weighted by atomic mass is 10.2. The van der Waals surface area contributed by atoms with Gasteiger partial charge in [-0.25, -0.2) is 4.79 Å². The Hall–Kier alpha value is -2.89. The van der Waals surface area contributed by atoms with E-state index in [1.54, 1.807) is 10.6 Å². The van der Waals surface area contributed by atoms with Crippen molar-refractivity contribution in [2.75, 3.05) is 0 Å². The molecule has 7 nitrogen and oxygen atoms in total. The Morgan fingerprint density at radius 2 is 1.47 bits per heavy atom. The SMILES string of the molecule is N#CC(=C=C1C(=O)NC(=O)NC1=O)C#N. The second-order valence-electron chi connectivity index (χ2n) is 2.34. The molecule has 0 saturated carbocycles. The molecule has 7 heteroatoms. The summed E-state index contributed by atoms with van der Waals surface area (Å²) in [5, 5.41) is 20.3. The smallest absolute Gasteiger partial charge is 0.273 e. The molecule has 0 aromatic rings. The number of barbiturate groups is 1. The zero-order valence-corrected chi connectivity index (χ0v) is 7.12. The summed E-state index contributed by atoms with van der Waals surface area (Å²) in [7, 11) is 0. The van der Waals surface area contributed by atoms with Gasteiger partial charge in [0, 0.05) is 0 Å². The number of amides is 4. The number of nitriles is 2. The number of hydrogen-bond acceptors (Lipinski definition) is 5. The molecule has 0 spiro atoms. The largest absolute Gasteiger partial charge is 0.328 e. The Balaban J connectivity index is 3.29. The standard InChI is InChI=1S/C8H2N4O3/c9-2-4(3-10)1-5-6(13)11-8(15)12-7(5)14/h(H2,11,12,13,14,15). The van der Waals surface area contributed by atoms with E-state index in [0.717, 1.165) is 0 Å². The Kier molecular flexibility index (Phi) is 2.64. The van der Waals surface area contributed by atoms with Gasteiger partial charge in [-0.15, -0.1) is 0 Å². The van der Waals surface area contributed by atoms with Crippen LogP contribution in [-0.4, -0.2) is 17.8 Å². The number of carbonyl (C=O) groups excluding carboxylic acids is 3. The van der Waals surface area contributed by atoms with Gasteiger partial charge in [-0.1, -0.05) is 5.73 Å². The van der Waals surface area contributed by atoms with Gasteiger partial charge in [-0.2, -0.15) is 10.5 Å². The van der Waals surface area contributed by atoms with Crippen molar-refractivity contribution < 1.29 is 14.4 Å². The molecule has 0 unspecified atom stereocenters. The van der Waals surface area contributed by atoms with Gasteiger partial charge in [0.1, 0.15) is 17.7 Å². The minimum atomic E-state index is -0.994. The monoisotopic (exact) mass is 202 g/mol. The Bertz CT molecular complexity index is 473. The first-order valence-corrected chi connectivity index (χ1v) is 3.56. The van der Waals surface area contributed by atoms with Crippen molar-refractivity contribution in [2.24, 2.45) is 0 Å². The van der Waals surface area contributed by atoms with Crippen LogP contribution in [0.15, 0.2) is 16.9 Å². The quantitative estimate of drug-likeness (QED) is 0.222.